The summed E-state index contributed by atoms with van der Waals surface area (Å²) in [5.41, 5.74) is 1.65. The quantitative estimate of drug-likeness (QED) is 0.873. The van der Waals surface area contributed by atoms with Crippen LogP contribution in [-0.2, 0) is 4.74 Å². The number of ether oxygens (including phenoxy) is 1. The van der Waals surface area contributed by atoms with Gasteiger partial charge in [0, 0.05) is 11.1 Å². The number of hydrogen-bond donors (Lipinski definition) is 1. The van der Waals surface area contributed by atoms with E-state index in [1.165, 1.54) is 0 Å². The lowest BCUT2D eigenvalue weighted by molar-refractivity contribution is 0.0573. The van der Waals surface area contributed by atoms with E-state index in [0.29, 0.717) is 0 Å². The van der Waals surface area contributed by atoms with Crippen LogP contribution in [0.1, 0.15) is 19.1 Å². The van der Waals surface area contributed by atoms with Crippen molar-refractivity contribution in [1.82, 2.24) is 9.55 Å². The van der Waals surface area contributed by atoms with Crippen molar-refractivity contribution in [1.29, 1.82) is 0 Å². The van der Waals surface area contributed by atoms with Crippen LogP contribution in [0.4, 0.5) is 0 Å². The van der Waals surface area contributed by atoms with Crippen LogP contribution in [0.15, 0.2) is 27.5 Å². The number of H-pyrrole nitrogens is 1. The fourth-order valence-corrected chi connectivity index (χ4v) is 2.49. The van der Waals surface area contributed by atoms with Crippen molar-refractivity contribution < 1.29 is 4.74 Å². The van der Waals surface area contributed by atoms with Gasteiger partial charge in [0.2, 0.25) is 0 Å². The van der Waals surface area contributed by atoms with Crippen LogP contribution in [0.2, 0.25) is 0 Å². The molecule has 0 spiro atoms. The molecule has 1 unspecified atom stereocenters. The van der Waals surface area contributed by atoms with E-state index in [2.05, 4.69) is 20.9 Å². The lowest BCUT2D eigenvalue weighted by Crippen LogP contribution is -2.21. The Kier molecular flexibility index (Phi) is 2.37. The zero-order chi connectivity index (χ0) is 11.1. The Morgan fingerprint density at radius 2 is 2.38 bits per heavy atom. The minimum absolute atomic E-state index is 0.0972. The van der Waals surface area contributed by atoms with Gasteiger partial charge in [-0.3, -0.25) is 4.57 Å². The van der Waals surface area contributed by atoms with Crippen molar-refractivity contribution in [3.8, 4) is 0 Å². The molecule has 1 atom stereocenters. The number of nitrogens with one attached hydrogen (secondary N) is 1. The second-order valence-electron chi connectivity index (χ2n) is 3.93. The first-order valence-electron chi connectivity index (χ1n) is 5.27. The summed E-state index contributed by atoms with van der Waals surface area (Å²) in [6, 6.07) is 5.75. The Balaban J connectivity index is 2.25. The highest BCUT2D eigenvalue weighted by atomic mass is 79.9. The van der Waals surface area contributed by atoms with Crippen LogP contribution in [0.25, 0.3) is 11.0 Å². The number of hydrogen-bond acceptors (Lipinski definition) is 2. The summed E-state index contributed by atoms with van der Waals surface area (Å²) in [4.78, 5) is 14.7. The van der Waals surface area contributed by atoms with E-state index in [1.54, 1.807) is 4.57 Å². The summed E-state index contributed by atoms with van der Waals surface area (Å²) in [7, 11) is 0. The van der Waals surface area contributed by atoms with Crippen LogP contribution < -0.4 is 5.69 Å². The largest absolute Gasteiger partial charge is 0.358 e. The average Bonchev–Trinajstić information content (AvgIpc) is 2.83. The first-order chi connectivity index (χ1) is 7.75. The Morgan fingerprint density at radius 3 is 3.12 bits per heavy atom. The summed E-state index contributed by atoms with van der Waals surface area (Å²) < 4.78 is 8.22. The Labute approximate surface area is 100 Å². The van der Waals surface area contributed by atoms with E-state index in [0.717, 1.165) is 35.0 Å². The van der Waals surface area contributed by atoms with Crippen molar-refractivity contribution in [2.75, 3.05) is 6.61 Å². The average molecular weight is 283 g/mol. The van der Waals surface area contributed by atoms with Gasteiger partial charge in [0.25, 0.3) is 0 Å². The third kappa shape index (κ3) is 1.51. The summed E-state index contributed by atoms with van der Waals surface area (Å²) >= 11 is 3.41. The van der Waals surface area contributed by atoms with Crippen molar-refractivity contribution in [2.24, 2.45) is 0 Å². The topological polar surface area (TPSA) is 47.0 Å². The summed E-state index contributed by atoms with van der Waals surface area (Å²) in [6.45, 7) is 0.734. The summed E-state index contributed by atoms with van der Waals surface area (Å²) in [6.07, 6.45) is 1.80. The van der Waals surface area contributed by atoms with Crippen LogP contribution in [0.5, 0.6) is 0 Å². The van der Waals surface area contributed by atoms with Gasteiger partial charge in [-0.15, -0.1) is 0 Å². The Bertz CT molecular complexity index is 581. The smallest absolute Gasteiger partial charge is 0.328 e. The minimum Gasteiger partial charge on any atom is -0.358 e. The molecule has 1 saturated heterocycles. The maximum atomic E-state index is 11.8. The molecule has 5 heteroatoms. The molecule has 3 rings (SSSR count). The predicted octanol–water partition coefficient (Wildman–Crippen LogP) is 2.40. The maximum Gasteiger partial charge on any atom is 0.328 e. The molecule has 0 radical (unpaired) electrons. The standard InChI is InChI=1S/C11H11BrN2O2/c12-7-3-4-8-9(6-7)14(11(15)13-8)10-2-1-5-16-10/h3-4,6,10H,1-2,5H2,(H,13,15). The zero-order valence-corrected chi connectivity index (χ0v) is 10.2. The molecule has 16 heavy (non-hydrogen) atoms. The lowest BCUT2D eigenvalue weighted by atomic mass is 10.3. The van der Waals surface area contributed by atoms with E-state index in [1.807, 2.05) is 18.2 Å². The molecule has 1 N–H and O–H groups in total. The lowest BCUT2D eigenvalue weighted by Gasteiger charge is -2.10. The number of imidazole rings is 1. The Hall–Kier alpha value is -1.07. The molecule has 1 fully saturated rings. The molecule has 2 aromatic rings. The zero-order valence-electron chi connectivity index (χ0n) is 8.57. The Morgan fingerprint density at radius 1 is 1.50 bits per heavy atom. The van der Waals surface area contributed by atoms with Crippen molar-refractivity contribution in [3.05, 3.63) is 33.2 Å². The molecule has 0 amide bonds. The third-order valence-electron chi connectivity index (χ3n) is 2.87. The van der Waals surface area contributed by atoms with E-state index >= 15 is 0 Å². The van der Waals surface area contributed by atoms with Gasteiger partial charge in [0.05, 0.1) is 11.0 Å². The van der Waals surface area contributed by atoms with E-state index in [9.17, 15) is 4.79 Å². The molecule has 1 aliphatic rings. The third-order valence-corrected chi connectivity index (χ3v) is 3.37. The van der Waals surface area contributed by atoms with Gasteiger partial charge in [0.1, 0.15) is 6.23 Å². The summed E-state index contributed by atoms with van der Waals surface area (Å²) in [5, 5.41) is 0. The number of fused-ring (bicyclic) bond motifs is 1. The van der Waals surface area contributed by atoms with Crippen molar-refractivity contribution >= 4 is 27.0 Å². The van der Waals surface area contributed by atoms with Gasteiger partial charge in [-0.25, -0.2) is 4.79 Å². The molecule has 84 valence electrons. The van der Waals surface area contributed by atoms with Crippen molar-refractivity contribution in [3.63, 3.8) is 0 Å². The highest BCUT2D eigenvalue weighted by molar-refractivity contribution is 9.10. The fourth-order valence-electron chi connectivity index (χ4n) is 2.14. The van der Waals surface area contributed by atoms with Gasteiger partial charge >= 0.3 is 5.69 Å². The van der Waals surface area contributed by atoms with E-state index in [4.69, 9.17) is 4.74 Å². The fraction of sp³-hybridized carbons (Fsp3) is 0.364. The SMILES string of the molecule is O=c1[nH]c2ccc(Br)cc2n1C1CCCO1. The number of benzene rings is 1. The van der Waals surface area contributed by atoms with E-state index < -0.39 is 0 Å². The molecule has 0 aliphatic carbocycles. The van der Waals surface area contributed by atoms with Gasteiger partial charge in [-0.05, 0) is 31.0 Å². The van der Waals surface area contributed by atoms with Crippen LogP contribution in [-0.4, -0.2) is 16.2 Å². The van der Waals surface area contributed by atoms with Crippen LogP contribution in [0, 0.1) is 0 Å². The van der Waals surface area contributed by atoms with E-state index in [-0.39, 0.29) is 11.9 Å². The maximum absolute atomic E-state index is 11.8. The molecule has 1 aromatic heterocycles. The van der Waals surface area contributed by atoms with Gasteiger partial charge < -0.3 is 9.72 Å². The number of halogens is 1. The number of rotatable bonds is 1. The monoisotopic (exact) mass is 282 g/mol. The second kappa shape index (κ2) is 3.75. The predicted molar refractivity (Wildman–Crippen MR) is 64.5 cm³/mol. The first-order valence-corrected chi connectivity index (χ1v) is 6.06. The number of aromatic nitrogens is 2. The molecule has 2 heterocycles. The highest BCUT2D eigenvalue weighted by Crippen LogP contribution is 2.26. The highest BCUT2D eigenvalue weighted by Gasteiger charge is 2.21. The van der Waals surface area contributed by atoms with Gasteiger partial charge in [-0.2, -0.15) is 0 Å². The first kappa shape index (κ1) is 10.1. The molecule has 0 saturated carbocycles. The minimum atomic E-state index is -0.115. The second-order valence-corrected chi connectivity index (χ2v) is 4.84. The molecule has 1 aromatic carbocycles. The van der Waals surface area contributed by atoms with Gasteiger partial charge in [-0.1, -0.05) is 15.9 Å². The summed E-state index contributed by atoms with van der Waals surface area (Å²) in [5.74, 6) is 0. The normalized spacial score (nSPS) is 20.7. The number of nitrogens with zero attached hydrogens (tertiary/aromatic N) is 1. The molecular formula is C11H11BrN2O2. The van der Waals surface area contributed by atoms with Crippen LogP contribution >= 0.6 is 15.9 Å². The molecule has 0 bridgehead atoms. The molecule has 1 aliphatic heterocycles. The molecular weight excluding hydrogens is 272 g/mol. The molecule has 4 nitrogen and oxygen atoms in total. The van der Waals surface area contributed by atoms with Crippen molar-refractivity contribution in [2.45, 2.75) is 19.1 Å². The number of aromatic amines is 1. The van der Waals surface area contributed by atoms with Gasteiger partial charge in [0.15, 0.2) is 0 Å². The van der Waals surface area contributed by atoms with Crippen LogP contribution in [0.3, 0.4) is 0 Å².